The van der Waals surface area contributed by atoms with E-state index >= 15 is 0 Å². The Kier molecular flexibility index (Phi) is 5.49. The first-order chi connectivity index (χ1) is 13.8. The van der Waals surface area contributed by atoms with Crippen LogP contribution in [0, 0.1) is 0 Å². The van der Waals surface area contributed by atoms with Gasteiger partial charge in [-0.1, -0.05) is 78.5 Å². The van der Waals surface area contributed by atoms with Gasteiger partial charge in [0.15, 0.2) is 0 Å². The average Bonchev–Trinajstić information content (AvgIpc) is 3.17. The molecule has 0 bridgehead atoms. The number of fused-ring (bicyclic) bond motifs is 1. The Morgan fingerprint density at radius 1 is 1.04 bits per heavy atom. The minimum atomic E-state index is -0.291. The number of carbonyl (C=O) groups is 1. The molecule has 0 aromatic heterocycles. The van der Waals surface area contributed by atoms with Crippen molar-refractivity contribution in [1.29, 1.82) is 0 Å². The highest BCUT2D eigenvalue weighted by Crippen LogP contribution is 2.39. The van der Waals surface area contributed by atoms with Gasteiger partial charge >= 0.3 is 6.09 Å². The van der Waals surface area contributed by atoms with Crippen LogP contribution in [-0.4, -0.2) is 24.1 Å². The molecule has 3 aromatic rings. The zero-order chi connectivity index (χ0) is 19.3. The standard InChI is InChI=1S/C24H21NO2S/c1-2-8-22(19-10-4-3-5-11-19)23(25-15-16-27-24(25)26)28-21-14-13-18-9-6-7-12-20(18)17-21/h2-7,9-14,17H,1,8,15-16H2/b23-22+. The van der Waals surface area contributed by atoms with Crippen LogP contribution in [0.3, 0.4) is 0 Å². The number of ether oxygens (including phenoxy) is 1. The van der Waals surface area contributed by atoms with Crippen molar-refractivity contribution < 1.29 is 9.53 Å². The number of thioether (sulfide) groups is 1. The number of allylic oxidation sites excluding steroid dienone is 2. The van der Waals surface area contributed by atoms with E-state index in [4.69, 9.17) is 4.74 Å². The highest BCUT2D eigenvalue weighted by Gasteiger charge is 2.28. The predicted molar refractivity (Wildman–Crippen MR) is 116 cm³/mol. The molecule has 0 unspecified atom stereocenters. The van der Waals surface area contributed by atoms with Gasteiger partial charge in [0.05, 0.1) is 11.6 Å². The van der Waals surface area contributed by atoms with Crippen molar-refractivity contribution in [2.75, 3.05) is 13.2 Å². The first kappa shape index (κ1) is 18.4. The third-order valence-electron chi connectivity index (χ3n) is 4.67. The molecule has 4 heteroatoms. The highest BCUT2D eigenvalue weighted by molar-refractivity contribution is 8.03. The maximum Gasteiger partial charge on any atom is 0.414 e. The van der Waals surface area contributed by atoms with E-state index in [1.165, 1.54) is 10.8 Å². The Hall–Kier alpha value is -2.98. The summed E-state index contributed by atoms with van der Waals surface area (Å²) in [4.78, 5) is 15.2. The Balaban J connectivity index is 1.81. The van der Waals surface area contributed by atoms with Crippen molar-refractivity contribution >= 4 is 34.2 Å². The lowest BCUT2D eigenvalue weighted by atomic mass is 10.0. The fourth-order valence-electron chi connectivity index (χ4n) is 3.31. The maximum atomic E-state index is 12.4. The van der Waals surface area contributed by atoms with Crippen LogP contribution in [-0.2, 0) is 4.74 Å². The molecular formula is C24H21NO2S. The number of carbonyl (C=O) groups excluding carboxylic acids is 1. The molecule has 0 N–H and O–H groups in total. The third-order valence-corrected chi connectivity index (χ3v) is 5.82. The molecule has 0 saturated carbocycles. The van der Waals surface area contributed by atoms with Crippen molar-refractivity contribution in [3.63, 3.8) is 0 Å². The molecule has 0 aliphatic carbocycles. The highest BCUT2D eigenvalue weighted by atomic mass is 32.2. The Morgan fingerprint density at radius 3 is 2.50 bits per heavy atom. The van der Waals surface area contributed by atoms with E-state index in [0.29, 0.717) is 19.6 Å². The summed E-state index contributed by atoms with van der Waals surface area (Å²) in [6.07, 6.45) is 2.26. The predicted octanol–water partition coefficient (Wildman–Crippen LogP) is 6.33. The van der Waals surface area contributed by atoms with Gasteiger partial charge in [-0.25, -0.2) is 4.79 Å². The zero-order valence-electron chi connectivity index (χ0n) is 15.5. The van der Waals surface area contributed by atoms with Gasteiger partial charge in [0.2, 0.25) is 0 Å². The molecular weight excluding hydrogens is 366 g/mol. The molecule has 1 aliphatic rings. The van der Waals surface area contributed by atoms with Crippen LogP contribution in [0.25, 0.3) is 16.3 Å². The molecule has 1 amide bonds. The van der Waals surface area contributed by atoms with E-state index in [1.54, 1.807) is 16.7 Å². The van der Waals surface area contributed by atoms with Gasteiger partial charge in [-0.3, -0.25) is 4.90 Å². The fourth-order valence-corrected chi connectivity index (χ4v) is 4.46. The molecule has 1 saturated heterocycles. The number of hydrogen-bond donors (Lipinski definition) is 0. The van der Waals surface area contributed by atoms with Crippen LogP contribution < -0.4 is 0 Å². The zero-order valence-corrected chi connectivity index (χ0v) is 16.3. The molecule has 140 valence electrons. The molecule has 0 atom stereocenters. The van der Waals surface area contributed by atoms with E-state index in [-0.39, 0.29) is 6.09 Å². The molecule has 28 heavy (non-hydrogen) atoms. The summed E-state index contributed by atoms with van der Waals surface area (Å²) in [6, 6.07) is 24.8. The van der Waals surface area contributed by atoms with E-state index in [9.17, 15) is 4.79 Å². The molecule has 4 rings (SSSR count). The second kappa shape index (κ2) is 8.36. The summed E-state index contributed by atoms with van der Waals surface area (Å²) < 4.78 is 5.23. The quantitative estimate of drug-likeness (QED) is 0.366. The number of benzene rings is 3. The van der Waals surface area contributed by atoms with Crippen molar-refractivity contribution in [2.45, 2.75) is 11.3 Å². The smallest absolute Gasteiger partial charge is 0.414 e. The molecule has 3 nitrogen and oxygen atoms in total. The molecule has 3 aromatic carbocycles. The monoisotopic (exact) mass is 387 g/mol. The molecule has 0 spiro atoms. The second-order valence-electron chi connectivity index (χ2n) is 6.52. The summed E-state index contributed by atoms with van der Waals surface area (Å²) in [7, 11) is 0. The first-order valence-corrected chi connectivity index (χ1v) is 10.1. The number of amides is 1. The lowest BCUT2D eigenvalue weighted by Crippen LogP contribution is -2.23. The van der Waals surface area contributed by atoms with Crippen LogP contribution in [0.15, 0.2) is 95.4 Å². The average molecular weight is 388 g/mol. The van der Waals surface area contributed by atoms with Crippen LogP contribution >= 0.6 is 11.8 Å². The normalized spacial score (nSPS) is 14.7. The van der Waals surface area contributed by atoms with Gasteiger partial charge in [-0.05, 0) is 40.5 Å². The molecule has 1 aliphatic heterocycles. The Labute approximate surface area is 169 Å². The van der Waals surface area contributed by atoms with Crippen LogP contribution in [0.4, 0.5) is 4.79 Å². The third kappa shape index (κ3) is 3.82. The summed E-state index contributed by atoms with van der Waals surface area (Å²) in [5.74, 6) is 0. The number of rotatable bonds is 6. The minimum absolute atomic E-state index is 0.291. The molecule has 0 radical (unpaired) electrons. The largest absolute Gasteiger partial charge is 0.447 e. The SMILES string of the molecule is C=CC/C(=C(\Sc1ccc2ccccc2c1)N1CCOC1=O)c1ccccc1. The van der Waals surface area contributed by atoms with E-state index in [0.717, 1.165) is 21.1 Å². The van der Waals surface area contributed by atoms with E-state index in [2.05, 4.69) is 49.0 Å². The van der Waals surface area contributed by atoms with Gasteiger partial charge in [0, 0.05) is 4.90 Å². The lowest BCUT2D eigenvalue weighted by Gasteiger charge is -2.21. The van der Waals surface area contributed by atoms with Crippen molar-refractivity contribution in [2.24, 2.45) is 0 Å². The summed E-state index contributed by atoms with van der Waals surface area (Å²) in [5, 5.41) is 3.29. The van der Waals surface area contributed by atoms with E-state index in [1.807, 2.05) is 36.4 Å². The second-order valence-corrected chi connectivity index (χ2v) is 7.58. The van der Waals surface area contributed by atoms with Crippen LogP contribution in [0.2, 0.25) is 0 Å². The Bertz CT molecular complexity index is 1040. The van der Waals surface area contributed by atoms with Crippen LogP contribution in [0.5, 0.6) is 0 Å². The van der Waals surface area contributed by atoms with Gasteiger partial charge in [-0.2, -0.15) is 0 Å². The number of nitrogens with zero attached hydrogens (tertiary/aromatic N) is 1. The number of hydrogen-bond acceptors (Lipinski definition) is 3. The fraction of sp³-hybridized carbons (Fsp3) is 0.125. The topological polar surface area (TPSA) is 29.5 Å². The first-order valence-electron chi connectivity index (χ1n) is 9.26. The number of cyclic esters (lactones) is 1. The van der Waals surface area contributed by atoms with Gasteiger partial charge in [-0.15, -0.1) is 6.58 Å². The van der Waals surface area contributed by atoms with Gasteiger partial charge < -0.3 is 4.74 Å². The van der Waals surface area contributed by atoms with E-state index < -0.39 is 0 Å². The van der Waals surface area contributed by atoms with Crippen molar-refractivity contribution in [3.8, 4) is 0 Å². The summed E-state index contributed by atoms with van der Waals surface area (Å²) in [6.45, 7) is 4.90. The summed E-state index contributed by atoms with van der Waals surface area (Å²) in [5.41, 5.74) is 2.16. The Morgan fingerprint density at radius 2 is 1.79 bits per heavy atom. The molecule has 1 fully saturated rings. The lowest BCUT2D eigenvalue weighted by molar-refractivity contribution is 0.165. The van der Waals surface area contributed by atoms with Crippen molar-refractivity contribution in [1.82, 2.24) is 4.90 Å². The van der Waals surface area contributed by atoms with Crippen molar-refractivity contribution in [3.05, 3.63) is 96.0 Å². The van der Waals surface area contributed by atoms with Gasteiger partial charge in [0.25, 0.3) is 0 Å². The summed E-state index contributed by atoms with van der Waals surface area (Å²) >= 11 is 1.60. The molecule has 1 heterocycles. The van der Waals surface area contributed by atoms with Gasteiger partial charge in [0.1, 0.15) is 6.61 Å². The van der Waals surface area contributed by atoms with Crippen LogP contribution in [0.1, 0.15) is 12.0 Å². The minimum Gasteiger partial charge on any atom is -0.447 e. The maximum absolute atomic E-state index is 12.4.